The van der Waals surface area contributed by atoms with Crippen LogP contribution in [0.15, 0.2) is 47.5 Å². The van der Waals surface area contributed by atoms with Crippen molar-refractivity contribution in [2.45, 2.75) is 17.4 Å². The van der Waals surface area contributed by atoms with E-state index < -0.39 is 0 Å². The SMILES string of the molecule is CSc1ccccc1NC(=O)c1ccnc(OC2CCSC2)c1. The Balaban J connectivity index is 1.71. The molecule has 1 saturated heterocycles. The van der Waals surface area contributed by atoms with Gasteiger partial charge in [-0.3, -0.25) is 4.79 Å². The molecule has 120 valence electrons. The maximum absolute atomic E-state index is 12.5. The van der Waals surface area contributed by atoms with E-state index in [4.69, 9.17) is 4.74 Å². The van der Waals surface area contributed by atoms with Crippen molar-refractivity contribution in [1.82, 2.24) is 4.98 Å². The second kappa shape index (κ2) is 7.75. The number of para-hydroxylation sites is 1. The summed E-state index contributed by atoms with van der Waals surface area (Å²) in [4.78, 5) is 17.7. The Bertz CT molecular complexity index is 688. The highest BCUT2D eigenvalue weighted by atomic mass is 32.2. The molecule has 0 spiro atoms. The quantitative estimate of drug-likeness (QED) is 0.831. The number of hydrogen-bond donors (Lipinski definition) is 1. The van der Waals surface area contributed by atoms with Crippen molar-refractivity contribution < 1.29 is 9.53 Å². The van der Waals surface area contributed by atoms with Crippen LogP contribution in [0.4, 0.5) is 5.69 Å². The zero-order valence-corrected chi connectivity index (χ0v) is 14.5. The van der Waals surface area contributed by atoms with E-state index in [-0.39, 0.29) is 12.0 Å². The van der Waals surface area contributed by atoms with E-state index in [9.17, 15) is 4.79 Å². The van der Waals surface area contributed by atoms with Gasteiger partial charge in [0.25, 0.3) is 5.91 Å². The third-order valence-electron chi connectivity index (χ3n) is 3.53. The molecule has 1 unspecified atom stereocenters. The predicted molar refractivity (Wildman–Crippen MR) is 96.8 cm³/mol. The van der Waals surface area contributed by atoms with Gasteiger partial charge in [-0.15, -0.1) is 11.8 Å². The Morgan fingerprint density at radius 1 is 1.39 bits per heavy atom. The Morgan fingerprint density at radius 2 is 2.26 bits per heavy atom. The number of nitrogens with zero attached hydrogens (tertiary/aromatic N) is 1. The lowest BCUT2D eigenvalue weighted by molar-refractivity contribution is 0.102. The summed E-state index contributed by atoms with van der Waals surface area (Å²) < 4.78 is 5.85. The number of thioether (sulfide) groups is 2. The van der Waals surface area contributed by atoms with Gasteiger partial charge in [-0.25, -0.2) is 4.98 Å². The molecule has 6 heteroatoms. The lowest BCUT2D eigenvalue weighted by atomic mass is 10.2. The van der Waals surface area contributed by atoms with Gasteiger partial charge in [-0.1, -0.05) is 12.1 Å². The summed E-state index contributed by atoms with van der Waals surface area (Å²) in [5.74, 6) is 2.47. The Morgan fingerprint density at radius 3 is 3.04 bits per heavy atom. The first kappa shape index (κ1) is 16.2. The van der Waals surface area contributed by atoms with E-state index >= 15 is 0 Å². The predicted octanol–water partition coefficient (Wildman–Crippen LogP) is 3.94. The zero-order valence-electron chi connectivity index (χ0n) is 12.8. The fourth-order valence-electron chi connectivity index (χ4n) is 2.33. The van der Waals surface area contributed by atoms with Gasteiger partial charge < -0.3 is 10.1 Å². The number of carbonyl (C=O) groups excluding carboxylic acids is 1. The topological polar surface area (TPSA) is 51.2 Å². The van der Waals surface area contributed by atoms with Gasteiger partial charge in [-0.2, -0.15) is 11.8 Å². The minimum absolute atomic E-state index is 0.153. The molecule has 2 aromatic rings. The second-order valence-electron chi connectivity index (χ2n) is 5.14. The van der Waals surface area contributed by atoms with Crippen LogP contribution < -0.4 is 10.1 Å². The van der Waals surface area contributed by atoms with Crippen molar-refractivity contribution in [3.05, 3.63) is 48.2 Å². The Kier molecular flexibility index (Phi) is 5.46. The smallest absolute Gasteiger partial charge is 0.255 e. The summed E-state index contributed by atoms with van der Waals surface area (Å²) >= 11 is 3.49. The number of ether oxygens (including phenoxy) is 1. The van der Waals surface area contributed by atoms with Gasteiger partial charge >= 0.3 is 0 Å². The van der Waals surface area contributed by atoms with Crippen molar-refractivity contribution in [3.63, 3.8) is 0 Å². The number of hydrogen-bond acceptors (Lipinski definition) is 5. The number of nitrogens with one attached hydrogen (secondary N) is 1. The summed E-state index contributed by atoms with van der Waals surface area (Å²) in [6, 6.07) is 11.2. The minimum atomic E-state index is -0.153. The van der Waals surface area contributed by atoms with Crippen molar-refractivity contribution >= 4 is 35.1 Å². The highest BCUT2D eigenvalue weighted by Gasteiger charge is 2.18. The second-order valence-corrected chi connectivity index (χ2v) is 7.14. The van der Waals surface area contributed by atoms with Crippen LogP contribution in [0.5, 0.6) is 5.88 Å². The zero-order chi connectivity index (χ0) is 16.1. The maximum atomic E-state index is 12.5. The van der Waals surface area contributed by atoms with Gasteiger partial charge in [0.05, 0.1) is 5.69 Å². The van der Waals surface area contributed by atoms with E-state index in [1.165, 1.54) is 0 Å². The number of carbonyl (C=O) groups is 1. The fraction of sp³-hybridized carbons (Fsp3) is 0.294. The summed E-state index contributed by atoms with van der Waals surface area (Å²) in [6.07, 6.45) is 4.84. The van der Waals surface area contributed by atoms with Crippen LogP contribution in [0, 0.1) is 0 Å². The standard InChI is InChI=1S/C17H18N2O2S2/c1-22-15-5-3-2-4-14(15)19-17(20)12-6-8-18-16(10-12)21-13-7-9-23-11-13/h2-6,8,10,13H,7,9,11H2,1H3,(H,19,20). The normalized spacial score (nSPS) is 17.0. The molecular weight excluding hydrogens is 328 g/mol. The minimum Gasteiger partial charge on any atom is -0.473 e. The van der Waals surface area contributed by atoms with E-state index in [1.54, 1.807) is 30.1 Å². The van der Waals surface area contributed by atoms with Crippen LogP contribution in [0.3, 0.4) is 0 Å². The molecular formula is C17H18N2O2S2. The molecule has 2 heterocycles. The van der Waals surface area contributed by atoms with Gasteiger partial charge in [0.15, 0.2) is 0 Å². The Hall–Kier alpha value is -1.66. The number of aromatic nitrogens is 1. The van der Waals surface area contributed by atoms with Crippen LogP contribution in [-0.4, -0.2) is 34.8 Å². The summed E-state index contributed by atoms with van der Waals surface area (Å²) in [7, 11) is 0. The van der Waals surface area contributed by atoms with E-state index in [0.29, 0.717) is 11.4 Å². The third-order valence-corrected chi connectivity index (χ3v) is 5.46. The van der Waals surface area contributed by atoms with Crippen LogP contribution in [-0.2, 0) is 0 Å². The molecule has 1 aliphatic rings. The van der Waals surface area contributed by atoms with Crippen molar-refractivity contribution in [1.29, 1.82) is 0 Å². The van der Waals surface area contributed by atoms with E-state index in [1.807, 2.05) is 42.3 Å². The first-order chi connectivity index (χ1) is 11.3. The molecule has 1 aliphatic heterocycles. The molecule has 4 nitrogen and oxygen atoms in total. The average molecular weight is 346 g/mol. The first-order valence-corrected chi connectivity index (χ1v) is 9.79. The highest BCUT2D eigenvalue weighted by molar-refractivity contribution is 7.99. The molecule has 3 rings (SSSR count). The lowest BCUT2D eigenvalue weighted by Crippen LogP contribution is -2.17. The molecule has 1 atom stereocenters. The molecule has 23 heavy (non-hydrogen) atoms. The molecule has 1 N–H and O–H groups in total. The summed E-state index contributed by atoms with van der Waals surface area (Å²) in [6.45, 7) is 0. The van der Waals surface area contributed by atoms with Crippen LogP contribution in [0.1, 0.15) is 16.8 Å². The molecule has 1 fully saturated rings. The van der Waals surface area contributed by atoms with Gasteiger partial charge in [-0.05, 0) is 36.6 Å². The van der Waals surface area contributed by atoms with Gasteiger partial charge in [0.2, 0.25) is 5.88 Å². The highest BCUT2D eigenvalue weighted by Crippen LogP contribution is 2.26. The van der Waals surface area contributed by atoms with Crippen LogP contribution >= 0.6 is 23.5 Å². The summed E-state index contributed by atoms with van der Waals surface area (Å²) in [5.41, 5.74) is 1.37. The van der Waals surface area contributed by atoms with E-state index in [0.717, 1.165) is 28.5 Å². The largest absolute Gasteiger partial charge is 0.473 e. The molecule has 0 saturated carbocycles. The number of amides is 1. The van der Waals surface area contributed by atoms with Gasteiger partial charge in [0.1, 0.15) is 6.10 Å². The molecule has 0 bridgehead atoms. The van der Waals surface area contributed by atoms with Gasteiger partial charge in [0, 0.05) is 28.5 Å². The Labute approximate surface area is 144 Å². The third kappa shape index (κ3) is 4.20. The monoisotopic (exact) mass is 346 g/mol. The molecule has 1 amide bonds. The van der Waals surface area contributed by atoms with Crippen molar-refractivity contribution in [2.24, 2.45) is 0 Å². The van der Waals surface area contributed by atoms with Crippen molar-refractivity contribution in [3.8, 4) is 5.88 Å². The van der Waals surface area contributed by atoms with Crippen LogP contribution in [0.25, 0.3) is 0 Å². The number of pyridine rings is 1. The first-order valence-electron chi connectivity index (χ1n) is 7.41. The van der Waals surface area contributed by atoms with Crippen LogP contribution in [0.2, 0.25) is 0 Å². The molecule has 1 aromatic heterocycles. The molecule has 0 aliphatic carbocycles. The number of benzene rings is 1. The molecule has 1 aromatic carbocycles. The fourth-order valence-corrected chi connectivity index (χ4v) is 3.98. The lowest BCUT2D eigenvalue weighted by Gasteiger charge is -2.13. The van der Waals surface area contributed by atoms with E-state index in [2.05, 4.69) is 10.3 Å². The average Bonchev–Trinajstić information content (AvgIpc) is 3.08. The number of anilines is 1. The summed E-state index contributed by atoms with van der Waals surface area (Å²) in [5, 5.41) is 2.95. The molecule has 0 radical (unpaired) electrons. The maximum Gasteiger partial charge on any atom is 0.255 e. The number of rotatable bonds is 5. The van der Waals surface area contributed by atoms with Crippen molar-refractivity contribution in [2.75, 3.05) is 23.1 Å².